The second-order valence-corrected chi connectivity index (χ2v) is 6.11. The lowest BCUT2D eigenvalue weighted by Crippen LogP contribution is -2.49. The minimum Gasteiger partial charge on any atom is -0.453 e. The van der Waals surface area contributed by atoms with E-state index in [0.717, 1.165) is 5.56 Å². The van der Waals surface area contributed by atoms with Crippen molar-refractivity contribution < 1.29 is 24.1 Å². The van der Waals surface area contributed by atoms with Gasteiger partial charge in [0, 0.05) is 6.42 Å². The molecule has 1 N–H and O–H groups in total. The van der Waals surface area contributed by atoms with Crippen LogP contribution >= 0.6 is 0 Å². The average Bonchev–Trinajstić information content (AvgIpc) is 2.64. The Morgan fingerprint density at radius 2 is 1.76 bits per heavy atom. The number of esters is 1. The Morgan fingerprint density at radius 1 is 1.12 bits per heavy atom. The van der Waals surface area contributed by atoms with Gasteiger partial charge in [0.05, 0.1) is 24.4 Å². The molecule has 1 heterocycles. The highest BCUT2D eigenvalue weighted by atomic mass is 16.7. The number of rotatable bonds is 5. The molecule has 0 aromatic heterocycles. The van der Waals surface area contributed by atoms with Crippen molar-refractivity contribution in [3.8, 4) is 0 Å². The Bertz CT molecular complexity index is 661. The van der Waals surface area contributed by atoms with Gasteiger partial charge in [0.2, 0.25) is 0 Å². The highest BCUT2D eigenvalue weighted by Gasteiger charge is 2.38. The van der Waals surface area contributed by atoms with Gasteiger partial charge in [0.25, 0.3) is 0 Å². The van der Waals surface area contributed by atoms with Crippen LogP contribution in [0.1, 0.15) is 29.3 Å². The van der Waals surface area contributed by atoms with Crippen LogP contribution in [-0.2, 0) is 20.8 Å². The minimum atomic E-state index is -0.836. The van der Waals surface area contributed by atoms with E-state index >= 15 is 0 Å². The molecule has 0 amide bonds. The van der Waals surface area contributed by atoms with Crippen LogP contribution in [0.3, 0.4) is 0 Å². The normalized spacial score (nSPS) is 26.2. The van der Waals surface area contributed by atoms with Crippen molar-refractivity contribution in [2.24, 2.45) is 0 Å². The molecule has 0 bridgehead atoms. The molecule has 3 rings (SSSR count). The molecule has 0 aliphatic carbocycles. The second kappa shape index (κ2) is 8.25. The molecular weight excluding hydrogens is 320 g/mol. The average molecular weight is 342 g/mol. The lowest BCUT2D eigenvalue weighted by Gasteiger charge is -2.37. The number of ether oxygens (including phenoxy) is 3. The molecule has 1 fully saturated rings. The van der Waals surface area contributed by atoms with Crippen LogP contribution in [0.15, 0.2) is 60.7 Å². The summed E-state index contributed by atoms with van der Waals surface area (Å²) in [6.07, 6.45) is -2.29. The predicted molar refractivity (Wildman–Crippen MR) is 91.8 cm³/mol. The van der Waals surface area contributed by atoms with Gasteiger partial charge in [-0.05, 0) is 24.6 Å². The van der Waals surface area contributed by atoms with E-state index in [0.29, 0.717) is 12.2 Å². The van der Waals surface area contributed by atoms with Crippen molar-refractivity contribution in [3.63, 3.8) is 0 Å². The molecule has 5 nitrogen and oxygen atoms in total. The maximum absolute atomic E-state index is 12.2. The monoisotopic (exact) mass is 342 g/mol. The summed E-state index contributed by atoms with van der Waals surface area (Å²) in [5.41, 5.74) is 1.48. The summed E-state index contributed by atoms with van der Waals surface area (Å²) >= 11 is 0. The molecule has 1 aliphatic heterocycles. The van der Waals surface area contributed by atoms with Gasteiger partial charge in [0.15, 0.2) is 12.4 Å². The molecule has 5 heteroatoms. The Morgan fingerprint density at radius 3 is 2.40 bits per heavy atom. The van der Waals surface area contributed by atoms with Crippen LogP contribution in [0.4, 0.5) is 0 Å². The van der Waals surface area contributed by atoms with Gasteiger partial charge in [-0.3, -0.25) is 0 Å². The zero-order valence-electron chi connectivity index (χ0n) is 14.1. The predicted octanol–water partition coefficient (Wildman–Crippen LogP) is 2.92. The Balaban J connectivity index is 1.54. The van der Waals surface area contributed by atoms with Gasteiger partial charge >= 0.3 is 5.97 Å². The first-order valence-electron chi connectivity index (χ1n) is 8.38. The third-order valence-electron chi connectivity index (χ3n) is 4.17. The fourth-order valence-corrected chi connectivity index (χ4v) is 2.83. The first-order chi connectivity index (χ1) is 12.1. The van der Waals surface area contributed by atoms with Crippen LogP contribution in [0.2, 0.25) is 0 Å². The SMILES string of the molecule is C[C@H]1O[C@H](OCc2ccccc2)C[C@@H](O)[C@@H]1OC(=O)c1ccccc1. The fraction of sp³-hybridized carbons (Fsp3) is 0.350. The second-order valence-electron chi connectivity index (χ2n) is 6.11. The first-order valence-corrected chi connectivity index (χ1v) is 8.38. The first kappa shape index (κ1) is 17.6. The largest absolute Gasteiger partial charge is 0.453 e. The molecule has 0 spiro atoms. The summed E-state index contributed by atoms with van der Waals surface area (Å²) in [6.45, 7) is 2.17. The number of hydrogen-bond acceptors (Lipinski definition) is 5. The molecule has 0 saturated carbocycles. The standard InChI is InChI=1S/C20H22O5/c1-14-19(25-20(22)16-10-6-3-7-11-16)17(21)12-18(24-14)23-13-15-8-4-2-5-9-15/h2-11,14,17-19,21H,12-13H2,1H3/t14-,17-,18+,19-/m1/s1. The molecule has 132 valence electrons. The minimum absolute atomic E-state index is 0.254. The van der Waals surface area contributed by atoms with E-state index in [1.807, 2.05) is 36.4 Å². The maximum Gasteiger partial charge on any atom is 0.338 e. The Labute approximate surface area is 147 Å². The number of benzene rings is 2. The van der Waals surface area contributed by atoms with Crippen LogP contribution in [0, 0.1) is 0 Å². The van der Waals surface area contributed by atoms with Crippen molar-refractivity contribution in [3.05, 3.63) is 71.8 Å². The zero-order valence-corrected chi connectivity index (χ0v) is 14.1. The summed E-state index contributed by atoms with van der Waals surface area (Å²) in [6, 6.07) is 18.5. The van der Waals surface area contributed by atoms with Gasteiger partial charge < -0.3 is 19.3 Å². The van der Waals surface area contributed by atoms with Crippen molar-refractivity contribution in [1.29, 1.82) is 0 Å². The summed E-state index contributed by atoms with van der Waals surface area (Å²) in [4.78, 5) is 12.2. The van der Waals surface area contributed by atoms with Gasteiger partial charge in [-0.2, -0.15) is 0 Å². The van der Waals surface area contributed by atoms with E-state index in [2.05, 4.69) is 0 Å². The third kappa shape index (κ3) is 4.66. The Kier molecular flexibility index (Phi) is 5.81. The lowest BCUT2D eigenvalue weighted by molar-refractivity contribution is -0.249. The quantitative estimate of drug-likeness (QED) is 0.847. The molecule has 25 heavy (non-hydrogen) atoms. The number of aliphatic hydroxyl groups is 1. The molecular formula is C20H22O5. The Hall–Kier alpha value is -2.21. The van der Waals surface area contributed by atoms with Crippen molar-refractivity contribution in [2.45, 2.75) is 44.6 Å². The van der Waals surface area contributed by atoms with Crippen molar-refractivity contribution >= 4 is 5.97 Å². The third-order valence-corrected chi connectivity index (χ3v) is 4.17. The number of carbonyl (C=O) groups is 1. The summed E-state index contributed by atoms with van der Waals surface area (Å²) in [7, 11) is 0. The van der Waals surface area contributed by atoms with Gasteiger partial charge in [0.1, 0.15) is 0 Å². The van der Waals surface area contributed by atoms with Crippen LogP contribution in [-0.4, -0.2) is 35.7 Å². The molecule has 1 aliphatic rings. The number of hydrogen-bond donors (Lipinski definition) is 1. The van der Waals surface area contributed by atoms with Crippen molar-refractivity contribution in [1.82, 2.24) is 0 Å². The molecule has 4 atom stereocenters. The van der Waals surface area contributed by atoms with E-state index in [1.165, 1.54) is 0 Å². The molecule has 0 radical (unpaired) electrons. The van der Waals surface area contributed by atoms with E-state index in [-0.39, 0.29) is 6.42 Å². The van der Waals surface area contributed by atoms with E-state index < -0.39 is 30.6 Å². The van der Waals surface area contributed by atoms with E-state index in [1.54, 1.807) is 31.2 Å². The molecule has 1 saturated heterocycles. The molecule has 2 aromatic rings. The number of aliphatic hydroxyl groups excluding tert-OH is 1. The van der Waals surface area contributed by atoms with Gasteiger partial charge in [-0.1, -0.05) is 48.5 Å². The summed E-state index contributed by atoms with van der Waals surface area (Å²) in [5.74, 6) is -0.469. The lowest BCUT2D eigenvalue weighted by atomic mass is 10.0. The molecule has 2 aromatic carbocycles. The summed E-state index contributed by atoms with van der Waals surface area (Å²) < 4.78 is 16.9. The maximum atomic E-state index is 12.2. The van der Waals surface area contributed by atoms with Crippen LogP contribution < -0.4 is 0 Å². The van der Waals surface area contributed by atoms with E-state index in [9.17, 15) is 9.90 Å². The van der Waals surface area contributed by atoms with Crippen LogP contribution in [0.25, 0.3) is 0 Å². The van der Waals surface area contributed by atoms with Crippen LogP contribution in [0.5, 0.6) is 0 Å². The van der Waals surface area contributed by atoms with Crippen molar-refractivity contribution in [2.75, 3.05) is 0 Å². The zero-order chi connectivity index (χ0) is 17.6. The van der Waals surface area contributed by atoms with Gasteiger partial charge in [-0.15, -0.1) is 0 Å². The number of carbonyl (C=O) groups excluding carboxylic acids is 1. The smallest absolute Gasteiger partial charge is 0.338 e. The summed E-state index contributed by atoms with van der Waals surface area (Å²) in [5, 5.41) is 10.4. The van der Waals surface area contributed by atoms with E-state index in [4.69, 9.17) is 14.2 Å². The highest BCUT2D eigenvalue weighted by molar-refractivity contribution is 5.89. The van der Waals surface area contributed by atoms with Gasteiger partial charge in [-0.25, -0.2) is 4.79 Å². The fourth-order valence-electron chi connectivity index (χ4n) is 2.83. The molecule has 0 unspecified atom stereocenters. The topological polar surface area (TPSA) is 65.0 Å². The highest BCUT2D eigenvalue weighted by Crippen LogP contribution is 2.25.